The van der Waals surface area contributed by atoms with Gasteiger partial charge in [0.15, 0.2) is 6.61 Å². The molecule has 3 rings (SSSR count). The summed E-state index contributed by atoms with van der Waals surface area (Å²) in [4.78, 5) is 24.1. The Labute approximate surface area is 162 Å². The molecule has 1 aromatic heterocycles. The Kier molecular flexibility index (Phi) is 5.75. The van der Waals surface area contributed by atoms with E-state index >= 15 is 0 Å². The summed E-state index contributed by atoms with van der Waals surface area (Å²) in [7, 11) is 0. The predicted molar refractivity (Wildman–Crippen MR) is 105 cm³/mol. The molecule has 0 radical (unpaired) electrons. The van der Waals surface area contributed by atoms with Gasteiger partial charge in [-0.15, -0.1) is 0 Å². The van der Waals surface area contributed by atoms with E-state index in [1.165, 1.54) is 0 Å². The van der Waals surface area contributed by atoms with Crippen LogP contribution in [0.3, 0.4) is 0 Å². The molecule has 142 valence electrons. The third kappa shape index (κ3) is 4.38. The first-order valence-corrected chi connectivity index (χ1v) is 8.85. The van der Waals surface area contributed by atoms with Crippen molar-refractivity contribution in [3.63, 3.8) is 0 Å². The molecule has 6 heteroatoms. The number of benzene rings is 2. The molecule has 6 nitrogen and oxygen atoms in total. The number of esters is 1. The van der Waals surface area contributed by atoms with Crippen LogP contribution in [0.25, 0.3) is 11.0 Å². The molecular formula is C22H20N2O4. The SMILES string of the molecule is Cc1ccc2c(CC(=O)OCC(=O)Nc3ccc(CC#N)cc3)coc2c1C. The zero-order valence-electron chi connectivity index (χ0n) is 15.7. The van der Waals surface area contributed by atoms with E-state index in [4.69, 9.17) is 14.4 Å². The summed E-state index contributed by atoms with van der Waals surface area (Å²) < 4.78 is 10.7. The number of ether oxygens (including phenoxy) is 1. The fourth-order valence-electron chi connectivity index (χ4n) is 2.87. The number of rotatable bonds is 6. The van der Waals surface area contributed by atoms with E-state index in [-0.39, 0.29) is 13.0 Å². The zero-order valence-corrected chi connectivity index (χ0v) is 15.7. The number of anilines is 1. The largest absolute Gasteiger partial charge is 0.464 e. The summed E-state index contributed by atoms with van der Waals surface area (Å²) in [6, 6.07) is 12.9. The summed E-state index contributed by atoms with van der Waals surface area (Å²) in [6.45, 7) is 3.61. The number of furan rings is 1. The number of nitrogens with zero attached hydrogens (tertiary/aromatic N) is 1. The van der Waals surface area contributed by atoms with Crippen LogP contribution >= 0.6 is 0 Å². The molecule has 1 amide bonds. The monoisotopic (exact) mass is 376 g/mol. The van der Waals surface area contributed by atoms with Crippen molar-refractivity contribution in [1.82, 2.24) is 0 Å². The number of nitrogens with one attached hydrogen (secondary N) is 1. The van der Waals surface area contributed by atoms with E-state index in [2.05, 4.69) is 11.4 Å². The van der Waals surface area contributed by atoms with E-state index in [1.54, 1.807) is 30.5 Å². The van der Waals surface area contributed by atoms with Gasteiger partial charge < -0.3 is 14.5 Å². The van der Waals surface area contributed by atoms with E-state index in [0.29, 0.717) is 12.1 Å². The van der Waals surface area contributed by atoms with Crippen molar-refractivity contribution >= 4 is 28.5 Å². The van der Waals surface area contributed by atoms with Crippen LogP contribution < -0.4 is 5.32 Å². The first-order valence-electron chi connectivity index (χ1n) is 8.85. The smallest absolute Gasteiger partial charge is 0.310 e. The maximum Gasteiger partial charge on any atom is 0.310 e. The molecule has 0 bridgehead atoms. The van der Waals surface area contributed by atoms with Crippen LogP contribution in [-0.2, 0) is 27.2 Å². The Bertz CT molecular complexity index is 1060. The zero-order chi connectivity index (χ0) is 20.1. The standard InChI is InChI=1S/C22H20N2O4/c1-14-3-8-19-17(12-28-22(19)15(14)2)11-21(26)27-13-20(25)24-18-6-4-16(5-7-18)9-10-23/h3-8,12H,9,11,13H2,1-2H3,(H,24,25). The average molecular weight is 376 g/mol. The third-order valence-corrected chi connectivity index (χ3v) is 4.56. The van der Waals surface area contributed by atoms with Crippen molar-refractivity contribution in [2.45, 2.75) is 26.7 Å². The van der Waals surface area contributed by atoms with Gasteiger partial charge in [-0.05, 0) is 42.7 Å². The lowest BCUT2D eigenvalue weighted by molar-refractivity contribution is -0.146. The Morgan fingerprint density at radius 2 is 1.89 bits per heavy atom. The summed E-state index contributed by atoms with van der Waals surface area (Å²) in [5.74, 6) is -0.926. The van der Waals surface area contributed by atoms with Crippen LogP contribution in [0.1, 0.15) is 22.3 Å². The van der Waals surface area contributed by atoms with Gasteiger partial charge in [0.2, 0.25) is 0 Å². The quantitative estimate of drug-likeness (QED) is 0.660. The molecule has 0 unspecified atom stereocenters. The van der Waals surface area contributed by atoms with Crippen LogP contribution in [0.2, 0.25) is 0 Å². The van der Waals surface area contributed by atoms with Crippen LogP contribution in [0, 0.1) is 25.2 Å². The topological polar surface area (TPSA) is 92.3 Å². The number of hydrogen-bond acceptors (Lipinski definition) is 5. The molecule has 2 aromatic carbocycles. The lowest BCUT2D eigenvalue weighted by atomic mass is 10.0. The Hall–Kier alpha value is -3.59. The van der Waals surface area contributed by atoms with Crippen molar-refractivity contribution in [2.24, 2.45) is 0 Å². The van der Waals surface area contributed by atoms with Crippen molar-refractivity contribution in [2.75, 3.05) is 11.9 Å². The van der Waals surface area contributed by atoms with Crippen molar-refractivity contribution in [3.8, 4) is 6.07 Å². The van der Waals surface area contributed by atoms with Gasteiger partial charge in [-0.25, -0.2) is 0 Å². The first-order chi connectivity index (χ1) is 13.5. The maximum atomic E-state index is 12.1. The predicted octanol–water partition coefficient (Wildman–Crippen LogP) is 3.84. The van der Waals surface area contributed by atoms with Crippen LogP contribution in [0.4, 0.5) is 5.69 Å². The van der Waals surface area contributed by atoms with Gasteiger partial charge in [0.1, 0.15) is 5.58 Å². The number of aryl methyl sites for hydroxylation is 2. The summed E-state index contributed by atoms with van der Waals surface area (Å²) in [6.07, 6.45) is 1.90. The summed E-state index contributed by atoms with van der Waals surface area (Å²) in [5, 5.41) is 12.2. The first kappa shape index (κ1) is 19.2. The average Bonchev–Trinajstić information content (AvgIpc) is 3.08. The number of nitriles is 1. The number of fused-ring (bicyclic) bond motifs is 1. The van der Waals surface area contributed by atoms with Gasteiger partial charge in [0.05, 0.1) is 25.2 Å². The Morgan fingerprint density at radius 1 is 1.14 bits per heavy atom. The van der Waals surface area contributed by atoms with Gasteiger partial charge in [-0.1, -0.05) is 24.3 Å². The van der Waals surface area contributed by atoms with E-state index < -0.39 is 11.9 Å². The fourth-order valence-corrected chi connectivity index (χ4v) is 2.87. The lowest BCUT2D eigenvalue weighted by Crippen LogP contribution is -2.21. The lowest BCUT2D eigenvalue weighted by Gasteiger charge is -2.07. The normalized spacial score (nSPS) is 10.5. The molecule has 0 saturated heterocycles. The molecule has 1 N–H and O–H groups in total. The number of amides is 1. The van der Waals surface area contributed by atoms with Gasteiger partial charge in [0, 0.05) is 16.6 Å². The van der Waals surface area contributed by atoms with Crippen LogP contribution in [0.15, 0.2) is 47.1 Å². The molecule has 0 spiro atoms. The van der Waals surface area contributed by atoms with E-state index in [0.717, 1.165) is 33.2 Å². The van der Waals surface area contributed by atoms with Crippen molar-refractivity contribution < 1.29 is 18.7 Å². The van der Waals surface area contributed by atoms with Gasteiger partial charge in [-0.3, -0.25) is 9.59 Å². The molecule has 0 aliphatic carbocycles. The summed E-state index contributed by atoms with van der Waals surface area (Å²) in [5.41, 5.74) is 5.10. The minimum Gasteiger partial charge on any atom is -0.464 e. The Balaban J connectivity index is 1.53. The third-order valence-electron chi connectivity index (χ3n) is 4.56. The highest BCUT2D eigenvalue weighted by Crippen LogP contribution is 2.26. The van der Waals surface area contributed by atoms with Crippen LogP contribution in [-0.4, -0.2) is 18.5 Å². The highest BCUT2D eigenvalue weighted by Gasteiger charge is 2.15. The summed E-state index contributed by atoms with van der Waals surface area (Å²) >= 11 is 0. The van der Waals surface area contributed by atoms with Crippen molar-refractivity contribution in [1.29, 1.82) is 5.26 Å². The number of carbonyl (C=O) groups excluding carboxylic acids is 2. The highest BCUT2D eigenvalue weighted by atomic mass is 16.5. The second kappa shape index (κ2) is 8.40. The number of carbonyl (C=O) groups is 2. The molecule has 3 aromatic rings. The fraction of sp³-hybridized carbons (Fsp3) is 0.227. The molecule has 0 fully saturated rings. The van der Waals surface area contributed by atoms with E-state index in [9.17, 15) is 9.59 Å². The molecule has 0 aliphatic heterocycles. The van der Waals surface area contributed by atoms with Gasteiger partial charge >= 0.3 is 5.97 Å². The number of hydrogen-bond donors (Lipinski definition) is 1. The second-order valence-electron chi connectivity index (χ2n) is 6.56. The Morgan fingerprint density at radius 3 is 2.61 bits per heavy atom. The molecule has 1 heterocycles. The molecule has 0 atom stereocenters. The maximum absolute atomic E-state index is 12.1. The second-order valence-corrected chi connectivity index (χ2v) is 6.56. The van der Waals surface area contributed by atoms with Gasteiger partial charge in [0.25, 0.3) is 5.91 Å². The van der Waals surface area contributed by atoms with Crippen LogP contribution in [0.5, 0.6) is 0 Å². The van der Waals surface area contributed by atoms with E-state index in [1.807, 2.05) is 26.0 Å². The van der Waals surface area contributed by atoms with Gasteiger partial charge in [-0.2, -0.15) is 5.26 Å². The molecule has 28 heavy (non-hydrogen) atoms. The minimum absolute atomic E-state index is 0.0334. The molecule has 0 saturated carbocycles. The highest BCUT2D eigenvalue weighted by molar-refractivity contribution is 5.93. The van der Waals surface area contributed by atoms with Crippen molar-refractivity contribution in [3.05, 3.63) is 64.9 Å². The molecular weight excluding hydrogens is 356 g/mol. The minimum atomic E-state index is -0.500. The molecule has 0 aliphatic rings.